The van der Waals surface area contributed by atoms with Gasteiger partial charge in [0.1, 0.15) is 5.82 Å². The summed E-state index contributed by atoms with van der Waals surface area (Å²) < 4.78 is 15.2. The van der Waals surface area contributed by atoms with E-state index in [0.717, 1.165) is 11.1 Å². The van der Waals surface area contributed by atoms with E-state index in [9.17, 15) is 14.3 Å². The molecule has 0 aliphatic carbocycles. The van der Waals surface area contributed by atoms with Crippen LogP contribution < -0.4 is 0 Å². The van der Waals surface area contributed by atoms with Gasteiger partial charge in [0.2, 0.25) is 0 Å². The molecule has 0 fully saturated rings. The number of hydrogen-bond acceptors (Lipinski definition) is 2. The molecule has 0 spiro atoms. The quantitative estimate of drug-likeness (QED) is 0.785. The first kappa shape index (κ1) is 13.8. The topological polar surface area (TPSA) is 55.1 Å². The normalized spacial score (nSPS) is 11.0. The third-order valence-corrected chi connectivity index (χ3v) is 3.78. The average molecular weight is 349 g/mol. The Balaban J connectivity index is 2.08. The summed E-state index contributed by atoms with van der Waals surface area (Å²) in [5.41, 5.74) is 1.58. The standard InChI is InChI=1S/C15H10BrFN2O2/c16-11-7-9(5-6-12(11)17)8-19-13-4-2-1-3-10(13)14(18-19)15(20)21/h1-7H,8H2,(H,20,21). The van der Waals surface area contributed by atoms with Gasteiger partial charge < -0.3 is 5.11 Å². The second-order valence-corrected chi connectivity index (χ2v) is 5.43. The largest absolute Gasteiger partial charge is 0.476 e. The lowest BCUT2D eigenvalue weighted by Gasteiger charge is -2.05. The molecular weight excluding hydrogens is 339 g/mol. The van der Waals surface area contributed by atoms with Crippen molar-refractivity contribution in [1.82, 2.24) is 9.78 Å². The Morgan fingerprint density at radius 3 is 2.76 bits per heavy atom. The highest BCUT2D eigenvalue weighted by molar-refractivity contribution is 9.10. The molecule has 0 bridgehead atoms. The lowest BCUT2D eigenvalue weighted by atomic mass is 10.2. The minimum absolute atomic E-state index is 0.0202. The molecule has 1 heterocycles. The lowest BCUT2D eigenvalue weighted by molar-refractivity contribution is 0.0691. The van der Waals surface area contributed by atoms with Crippen LogP contribution in [0.1, 0.15) is 16.1 Å². The molecule has 0 amide bonds. The number of halogens is 2. The van der Waals surface area contributed by atoms with Gasteiger partial charge in [-0.25, -0.2) is 9.18 Å². The van der Waals surface area contributed by atoms with Crippen molar-refractivity contribution in [3.63, 3.8) is 0 Å². The maximum Gasteiger partial charge on any atom is 0.357 e. The summed E-state index contributed by atoms with van der Waals surface area (Å²) in [5, 5.41) is 13.9. The summed E-state index contributed by atoms with van der Waals surface area (Å²) in [6.07, 6.45) is 0. The number of para-hydroxylation sites is 1. The molecule has 0 saturated carbocycles. The summed E-state index contributed by atoms with van der Waals surface area (Å²) in [6, 6.07) is 11.8. The van der Waals surface area contributed by atoms with Crippen LogP contribution in [0, 0.1) is 5.82 Å². The van der Waals surface area contributed by atoms with E-state index in [4.69, 9.17) is 0 Å². The second kappa shape index (κ2) is 5.29. The van der Waals surface area contributed by atoms with Crippen molar-refractivity contribution in [2.75, 3.05) is 0 Å². The van der Waals surface area contributed by atoms with Crippen LogP contribution in [0.25, 0.3) is 10.9 Å². The average Bonchev–Trinajstić information content (AvgIpc) is 2.82. The molecule has 0 aliphatic heterocycles. The Bertz CT molecular complexity index is 845. The minimum atomic E-state index is -1.06. The van der Waals surface area contributed by atoms with Gasteiger partial charge in [0.15, 0.2) is 5.69 Å². The number of aromatic nitrogens is 2. The molecule has 0 atom stereocenters. The van der Waals surface area contributed by atoms with Crippen molar-refractivity contribution in [2.24, 2.45) is 0 Å². The number of nitrogens with zero attached hydrogens (tertiary/aromatic N) is 2. The Kier molecular flexibility index (Phi) is 3.47. The van der Waals surface area contributed by atoms with Gasteiger partial charge in [-0.3, -0.25) is 4.68 Å². The van der Waals surface area contributed by atoms with Gasteiger partial charge in [-0.2, -0.15) is 5.10 Å². The summed E-state index contributed by atoms with van der Waals surface area (Å²) in [6.45, 7) is 0.368. The number of carboxylic acids is 1. The molecule has 21 heavy (non-hydrogen) atoms. The number of aromatic carboxylic acids is 1. The van der Waals surface area contributed by atoms with Gasteiger partial charge in [-0.05, 0) is 39.7 Å². The first-order chi connectivity index (χ1) is 10.1. The van der Waals surface area contributed by atoms with Gasteiger partial charge in [0.05, 0.1) is 16.5 Å². The molecule has 0 radical (unpaired) electrons. The van der Waals surface area contributed by atoms with Gasteiger partial charge in [0.25, 0.3) is 0 Å². The molecule has 106 valence electrons. The third kappa shape index (κ3) is 2.54. The summed E-state index contributed by atoms with van der Waals surface area (Å²) in [7, 11) is 0. The van der Waals surface area contributed by atoms with Crippen LogP contribution in [0.3, 0.4) is 0 Å². The molecule has 3 rings (SSSR count). The van der Waals surface area contributed by atoms with Crippen molar-refractivity contribution in [3.05, 3.63) is 64.0 Å². The van der Waals surface area contributed by atoms with E-state index in [0.29, 0.717) is 16.4 Å². The third-order valence-electron chi connectivity index (χ3n) is 3.18. The fourth-order valence-electron chi connectivity index (χ4n) is 2.22. The van der Waals surface area contributed by atoms with Crippen molar-refractivity contribution >= 4 is 32.8 Å². The maximum absolute atomic E-state index is 13.3. The van der Waals surface area contributed by atoms with Crippen molar-refractivity contribution < 1.29 is 14.3 Å². The van der Waals surface area contributed by atoms with Gasteiger partial charge in [-0.1, -0.05) is 24.3 Å². The highest BCUT2D eigenvalue weighted by Crippen LogP contribution is 2.21. The zero-order valence-corrected chi connectivity index (χ0v) is 12.3. The number of fused-ring (bicyclic) bond motifs is 1. The zero-order chi connectivity index (χ0) is 15.0. The summed E-state index contributed by atoms with van der Waals surface area (Å²) in [4.78, 5) is 11.2. The lowest BCUT2D eigenvalue weighted by Crippen LogP contribution is -2.04. The maximum atomic E-state index is 13.3. The van der Waals surface area contributed by atoms with Crippen LogP contribution in [0.5, 0.6) is 0 Å². The number of rotatable bonds is 3. The van der Waals surface area contributed by atoms with E-state index in [1.807, 2.05) is 12.1 Å². The Morgan fingerprint density at radius 1 is 1.29 bits per heavy atom. The highest BCUT2D eigenvalue weighted by Gasteiger charge is 2.16. The molecule has 3 aromatic rings. The molecule has 1 N–H and O–H groups in total. The highest BCUT2D eigenvalue weighted by atomic mass is 79.9. The van der Waals surface area contributed by atoms with E-state index < -0.39 is 5.97 Å². The zero-order valence-electron chi connectivity index (χ0n) is 10.8. The number of benzene rings is 2. The van der Waals surface area contributed by atoms with Crippen molar-refractivity contribution in [2.45, 2.75) is 6.54 Å². The molecule has 0 unspecified atom stereocenters. The summed E-state index contributed by atoms with van der Waals surface area (Å²) >= 11 is 3.14. The first-order valence-electron chi connectivity index (χ1n) is 6.19. The van der Waals surface area contributed by atoms with Crippen LogP contribution in [-0.2, 0) is 6.54 Å². The Labute approximate surface area is 127 Å². The van der Waals surface area contributed by atoms with E-state index >= 15 is 0 Å². The van der Waals surface area contributed by atoms with Crippen LogP contribution in [0.4, 0.5) is 4.39 Å². The fourth-order valence-corrected chi connectivity index (χ4v) is 2.64. The monoisotopic (exact) mass is 348 g/mol. The van der Waals surface area contributed by atoms with Crippen LogP contribution in [0.2, 0.25) is 0 Å². The van der Waals surface area contributed by atoms with Crippen molar-refractivity contribution in [3.8, 4) is 0 Å². The van der Waals surface area contributed by atoms with E-state index in [1.165, 1.54) is 6.07 Å². The second-order valence-electron chi connectivity index (χ2n) is 4.58. The van der Waals surface area contributed by atoms with Crippen LogP contribution in [0.15, 0.2) is 46.9 Å². The molecular formula is C15H10BrFN2O2. The van der Waals surface area contributed by atoms with Gasteiger partial charge in [0, 0.05) is 5.39 Å². The molecule has 0 aliphatic rings. The minimum Gasteiger partial charge on any atom is -0.476 e. The van der Waals surface area contributed by atoms with Gasteiger partial charge in [-0.15, -0.1) is 0 Å². The van der Waals surface area contributed by atoms with E-state index in [-0.39, 0.29) is 11.5 Å². The van der Waals surface area contributed by atoms with Crippen molar-refractivity contribution in [1.29, 1.82) is 0 Å². The fraction of sp³-hybridized carbons (Fsp3) is 0.0667. The molecule has 1 aromatic heterocycles. The molecule has 2 aromatic carbocycles. The first-order valence-corrected chi connectivity index (χ1v) is 6.98. The number of carbonyl (C=O) groups is 1. The van der Waals surface area contributed by atoms with E-state index in [2.05, 4.69) is 21.0 Å². The summed E-state index contributed by atoms with van der Waals surface area (Å²) in [5.74, 6) is -1.40. The predicted molar refractivity (Wildman–Crippen MR) is 79.9 cm³/mol. The smallest absolute Gasteiger partial charge is 0.357 e. The molecule has 4 nitrogen and oxygen atoms in total. The van der Waals surface area contributed by atoms with E-state index in [1.54, 1.807) is 28.9 Å². The Hall–Kier alpha value is -2.21. The Morgan fingerprint density at radius 2 is 2.05 bits per heavy atom. The molecule has 6 heteroatoms. The predicted octanol–water partition coefficient (Wildman–Crippen LogP) is 3.68. The van der Waals surface area contributed by atoms with Gasteiger partial charge >= 0.3 is 5.97 Å². The SMILES string of the molecule is O=C(O)c1nn(Cc2ccc(F)c(Br)c2)c2ccccc12. The number of carboxylic acid groups (broad SMARTS) is 1. The molecule has 0 saturated heterocycles. The number of hydrogen-bond donors (Lipinski definition) is 1. The van der Waals surface area contributed by atoms with Crippen LogP contribution >= 0.6 is 15.9 Å². The van der Waals surface area contributed by atoms with Crippen LogP contribution in [-0.4, -0.2) is 20.9 Å².